The van der Waals surface area contributed by atoms with Crippen molar-refractivity contribution in [2.24, 2.45) is 0 Å². The van der Waals surface area contributed by atoms with Crippen LogP contribution in [0.1, 0.15) is 18.4 Å². The van der Waals surface area contributed by atoms with Gasteiger partial charge >= 0.3 is 0 Å². The zero-order valence-corrected chi connectivity index (χ0v) is 12.7. The molecule has 0 N–H and O–H groups in total. The highest BCUT2D eigenvalue weighted by molar-refractivity contribution is 5.64. The van der Waals surface area contributed by atoms with Gasteiger partial charge in [0.25, 0.3) is 0 Å². The molecule has 1 aliphatic heterocycles. The fourth-order valence-electron chi connectivity index (χ4n) is 2.89. The van der Waals surface area contributed by atoms with E-state index in [1.165, 1.54) is 16.7 Å². The van der Waals surface area contributed by atoms with Crippen molar-refractivity contribution in [3.63, 3.8) is 0 Å². The Hall–Kier alpha value is -1.87. The van der Waals surface area contributed by atoms with Gasteiger partial charge in [0.1, 0.15) is 5.82 Å². The quantitative estimate of drug-likeness (QED) is 0.859. The van der Waals surface area contributed by atoms with Gasteiger partial charge in [0.2, 0.25) is 0 Å². The molecule has 1 aromatic carbocycles. The lowest BCUT2D eigenvalue weighted by Gasteiger charge is -2.32. The van der Waals surface area contributed by atoms with E-state index in [2.05, 4.69) is 53.2 Å². The molecule has 1 aliphatic rings. The van der Waals surface area contributed by atoms with Crippen LogP contribution in [-0.4, -0.2) is 31.3 Å². The molecule has 0 bridgehead atoms. The second kappa shape index (κ2) is 6.27. The third-order valence-electron chi connectivity index (χ3n) is 4.20. The summed E-state index contributed by atoms with van der Waals surface area (Å²) in [5, 5.41) is 0. The van der Waals surface area contributed by atoms with E-state index in [1.807, 2.05) is 6.20 Å². The van der Waals surface area contributed by atoms with Crippen LogP contribution in [0.15, 0.2) is 42.6 Å². The van der Waals surface area contributed by atoms with Gasteiger partial charge < -0.3 is 9.64 Å². The maximum absolute atomic E-state index is 5.42. The summed E-state index contributed by atoms with van der Waals surface area (Å²) in [6.07, 6.45) is 4.55. The van der Waals surface area contributed by atoms with Crippen molar-refractivity contribution in [3.05, 3.63) is 48.2 Å². The number of hydrogen-bond acceptors (Lipinski definition) is 3. The maximum atomic E-state index is 5.42. The van der Waals surface area contributed by atoms with Gasteiger partial charge in [-0.2, -0.15) is 0 Å². The Morgan fingerprint density at radius 2 is 1.90 bits per heavy atom. The van der Waals surface area contributed by atoms with E-state index in [9.17, 15) is 0 Å². The summed E-state index contributed by atoms with van der Waals surface area (Å²) in [4.78, 5) is 6.99. The number of rotatable bonds is 3. The van der Waals surface area contributed by atoms with Gasteiger partial charge in [0, 0.05) is 32.0 Å². The van der Waals surface area contributed by atoms with E-state index in [0.717, 1.165) is 31.7 Å². The molecule has 0 amide bonds. The number of piperidine rings is 1. The Bertz CT molecular complexity index is 586. The van der Waals surface area contributed by atoms with Crippen molar-refractivity contribution in [2.75, 3.05) is 25.1 Å². The number of methoxy groups -OCH3 is 1. The molecule has 3 heteroatoms. The molecule has 1 fully saturated rings. The van der Waals surface area contributed by atoms with Crippen molar-refractivity contribution < 1.29 is 4.74 Å². The SMILES string of the molecule is COC1CCN(c2ccc(-c3cccc(C)c3)cn2)CC1. The first-order valence-electron chi connectivity index (χ1n) is 7.57. The average Bonchev–Trinajstić information content (AvgIpc) is 2.55. The number of benzene rings is 1. The molecule has 1 aromatic heterocycles. The van der Waals surface area contributed by atoms with Crippen LogP contribution in [0.2, 0.25) is 0 Å². The smallest absolute Gasteiger partial charge is 0.128 e. The fraction of sp³-hybridized carbons (Fsp3) is 0.389. The molecular weight excluding hydrogens is 260 g/mol. The predicted molar refractivity (Wildman–Crippen MR) is 86.7 cm³/mol. The van der Waals surface area contributed by atoms with Crippen LogP contribution in [0, 0.1) is 6.92 Å². The van der Waals surface area contributed by atoms with E-state index >= 15 is 0 Å². The van der Waals surface area contributed by atoms with Crippen molar-refractivity contribution in [3.8, 4) is 11.1 Å². The second-order valence-electron chi connectivity index (χ2n) is 5.70. The van der Waals surface area contributed by atoms with Crippen molar-refractivity contribution >= 4 is 5.82 Å². The second-order valence-corrected chi connectivity index (χ2v) is 5.70. The maximum Gasteiger partial charge on any atom is 0.128 e. The van der Waals surface area contributed by atoms with Crippen LogP contribution in [0.4, 0.5) is 5.82 Å². The first-order valence-corrected chi connectivity index (χ1v) is 7.57. The highest BCUT2D eigenvalue weighted by atomic mass is 16.5. The summed E-state index contributed by atoms with van der Waals surface area (Å²) in [7, 11) is 1.80. The number of aromatic nitrogens is 1. The topological polar surface area (TPSA) is 25.4 Å². The summed E-state index contributed by atoms with van der Waals surface area (Å²) in [5.41, 5.74) is 3.68. The first kappa shape index (κ1) is 14.1. The van der Waals surface area contributed by atoms with Gasteiger partial charge in [0.05, 0.1) is 6.10 Å². The molecule has 0 aliphatic carbocycles. The minimum Gasteiger partial charge on any atom is -0.381 e. The van der Waals surface area contributed by atoms with Gasteiger partial charge in [-0.3, -0.25) is 0 Å². The van der Waals surface area contributed by atoms with Crippen LogP contribution in [0.3, 0.4) is 0 Å². The standard InChI is InChI=1S/C18H22N2O/c1-14-4-3-5-15(12-14)16-6-7-18(19-13-16)20-10-8-17(21-2)9-11-20/h3-7,12-13,17H,8-11H2,1-2H3. The number of ether oxygens (including phenoxy) is 1. The zero-order valence-electron chi connectivity index (χ0n) is 12.7. The Labute approximate surface area is 126 Å². The molecule has 0 atom stereocenters. The summed E-state index contributed by atoms with van der Waals surface area (Å²) >= 11 is 0. The molecule has 2 aromatic rings. The van der Waals surface area contributed by atoms with Crippen LogP contribution < -0.4 is 4.90 Å². The lowest BCUT2D eigenvalue weighted by molar-refractivity contribution is 0.0818. The molecule has 3 rings (SSSR count). The first-order chi connectivity index (χ1) is 10.3. The summed E-state index contributed by atoms with van der Waals surface area (Å²) < 4.78 is 5.42. The Balaban J connectivity index is 1.73. The highest BCUT2D eigenvalue weighted by Crippen LogP contribution is 2.24. The van der Waals surface area contributed by atoms with E-state index in [4.69, 9.17) is 4.74 Å². The molecule has 21 heavy (non-hydrogen) atoms. The van der Waals surface area contributed by atoms with Crippen molar-refractivity contribution in [1.29, 1.82) is 0 Å². The van der Waals surface area contributed by atoms with E-state index in [-0.39, 0.29) is 0 Å². The molecular formula is C18H22N2O. The van der Waals surface area contributed by atoms with Gasteiger partial charge in [-0.15, -0.1) is 0 Å². The van der Waals surface area contributed by atoms with Crippen LogP contribution >= 0.6 is 0 Å². The Morgan fingerprint density at radius 3 is 2.52 bits per heavy atom. The number of anilines is 1. The van der Waals surface area contributed by atoms with E-state index in [0.29, 0.717) is 6.10 Å². The molecule has 0 spiro atoms. The molecule has 0 radical (unpaired) electrons. The van der Waals surface area contributed by atoms with Crippen molar-refractivity contribution in [1.82, 2.24) is 4.98 Å². The number of aryl methyl sites for hydroxylation is 1. The summed E-state index contributed by atoms with van der Waals surface area (Å²) in [6.45, 7) is 4.16. The van der Waals surface area contributed by atoms with Crippen LogP contribution in [-0.2, 0) is 4.74 Å². The van der Waals surface area contributed by atoms with E-state index in [1.54, 1.807) is 7.11 Å². The normalized spacial score (nSPS) is 16.2. The van der Waals surface area contributed by atoms with Gasteiger partial charge in [-0.05, 0) is 37.5 Å². The average molecular weight is 282 g/mol. The number of hydrogen-bond donors (Lipinski definition) is 0. The minimum absolute atomic E-state index is 0.410. The van der Waals surface area contributed by atoms with E-state index < -0.39 is 0 Å². The molecule has 0 saturated carbocycles. The zero-order chi connectivity index (χ0) is 14.7. The molecule has 2 heterocycles. The highest BCUT2D eigenvalue weighted by Gasteiger charge is 2.19. The number of nitrogens with zero attached hydrogens (tertiary/aromatic N) is 2. The van der Waals surface area contributed by atoms with Gasteiger partial charge in [-0.25, -0.2) is 4.98 Å². The van der Waals surface area contributed by atoms with Crippen LogP contribution in [0.25, 0.3) is 11.1 Å². The Kier molecular flexibility index (Phi) is 4.20. The fourth-order valence-corrected chi connectivity index (χ4v) is 2.89. The lowest BCUT2D eigenvalue weighted by atomic mass is 10.0. The Morgan fingerprint density at radius 1 is 1.10 bits per heavy atom. The summed E-state index contributed by atoms with van der Waals surface area (Å²) in [6, 6.07) is 12.8. The van der Waals surface area contributed by atoms with Crippen LogP contribution in [0.5, 0.6) is 0 Å². The van der Waals surface area contributed by atoms with Gasteiger partial charge in [0.15, 0.2) is 0 Å². The third kappa shape index (κ3) is 3.24. The van der Waals surface area contributed by atoms with Crippen molar-refractivity contribution in [2.45, 2.75) is 25.9 Å². The monoisotopic (exact) mass is 282 g/mol. The number of pyridine rings is 1. The third-order valence-corrected chi connectivity index (χ3v) is 4.20. The molecule has 110 valence electrons. The molecule has 0 unspecified atom stereocenters. The van der Waals surface area contributed by atoms with Gasteiger partial charge in [-0.1, -0.05) is 29.8 Å². The largest absolute Gasteiger partial charge is 0.381 e. The predicted octanol–water partition coefficient (Wildman–Crippen LogP) is 3.67. The molecule has 3 nitrogen and oxygen atoms in total. The lowest BCUT2D eigenvalue weighted by Crippen LogP contribution is -2.37. The summed E-state index contributed by atoms with van der Waals surface area (Å²) in [5.74, 6) is 1.07. The minimum atomic E-state index is 0.410. The molecule has 1 saturated heterocycles.